The van der Waals surface area contributed by atoms with Crippen LogP contribution < -0.4 is 10.6 Å². The van der Waals surface area contributed by atoms with Crippen molar-refractivity contribution in [2.45, 2.75) is 31.5 Å². The van der Waals surface area contributed by atoms with E-state index in [2.05, 4.69) is 64.1 Å². The summed E-state index contributed by atoms with van der Waals surface area (Å²) in [6.07, 6.45) is 1.43. The summed E-state index contributed by atoms with van der Waals surface area (Å²) < 4.78 is 5.85. The monoisotopic (exact) mass is 451 g/mol. The number of rotatable bonds is 6. The number of halogens is 2. The van der Waals surface area contributed by atoms with Crippen LogP contribution in [0.1, 0.15) is 29.2 Å². The van der Waals surface area contributed by atoms with Crippen molar-refractivity contribution in [1.82, 2.24) is 15.5 Å². The topological polar surface area (TPSA) is 53.6 Å². The van der Waals surface area contributed by atoms with Crippen molar-refractivity contribution in [2.24, 2.45) is 0 Å². The van der Waals surface area contributed by atoms with Crippen molar-refractivity contribution >= 4 is 30.7 Å². The zero-order chi connectivity index (χ0) is 19.2. The molecule has 1 amide bonds. The molecule has 0 aromatic heterocycles. The third kappa shape index (κ3) is 6.69. The molecule has 0 aliphatic carbocycles. The highest BCUT2D eigenvalue weighted by atomic mass is 35.5. The zero-order valence-corrected chi connectivity index (χ0v) is 18.7. The maximum Gasteiger partial charge on any atom is 0.222 e. The SMILES string of the molecule is Cl.Cl.O=C(CC1CN(Cc2ccccc2)CCO1)NCC1NCCc2ccccc21. The van der Waals surface area contributed by atoms with Gasteiger partial charge < -0.3 is 15.4 Å². The van der Waals surface area contributed by atoms with Crippen LogP contribution in [0.25, 0.3) is 0 Å². The highest BCUT2D eigenvalue weighted by Crippen LogP contribution is 2.22. The first-order valence-corrected chi connectivity index (χ1v) is 10.2. The summed E-state index contributed by atoms with van der Waals surface area (Å²) in [4.78, 5) is 14.9. The van der Waals surface area contributed by atoms with Gasteiger partial charge in [-0.15, -0.1) is 24.8 Å². The van der Waals surface area contributed by atoms with Crippen molar-refractivity contribution in [3.63, 3.8) is 0 Å². The summed E-state index contributed by atoms with van der Waals surface area (Å²) in [5, 5.41) is 6.62. The molecular formula is C23H31Cl2N3O2. The fourth-order valence-corrected chi connectivity index (χ4v) is 4.16. The summed E-state index contributed by atoms with van der Waals surface area (Å²) in [5.74, 6) is 0.0661. The number of carbonyl (C=O) groups is 1. The lowest BCUT2D eigenvalue weighted by atomic mass is 9.94. The highest BCUT2D eigenvalue weighted by molar-refractivity contribution is 5.85. The second-order valence-corrected chi connectivity index (χ2v) is 7.68. The van der Waals surface area contributed by atoms with Gasteiger partial charge in [-0.25, -0.2) is 0 Å². The van der Waals surface area contributed by atoms with Gasteiger partial charge in [0.1, 0.15) is 0 Å². The van der Waals surface area contributed by atoms with E-state index in [-0.39, 0.29) is 42.9 Å². The molecule has 5 nitrogen and oxygen atoms in total. The van der Waals surface area contributed by atoms with Crippen molar-refractivity contribution in [3.8, 4) is 0 Å². The van der Waals surface area contributed by atoms with Gasteiger partial charge in [0.2, 0.25) is 5.91 Å². The van der Waals surface area contributed by atoms with Crippen molar-refractivity contribution in [2.75, 3.05) is 32.8 Å². The van der Waals surface area contributed by atoms with E-state index in [1.807, 2.05) is 6.07 Å². The number of amides is 1. The molecule has 30 heavy (non-hydrogen) atoms. The Labute approximate surface area is 191 Å². The molecule has 0 spiro atoms. The second-order valence-electron chi connectivity index (χ2n) is 7.68. The van der Waals surface area contributed by atoms with Crippen molar-refractivity contribution in [1.29, 1.82) is 0 Å². The number of ether oxygens (including phenoxy) is 1. The minimum absolute atomic E-state index is 0. The van der Waals surface area contributed by atoms with E-state index in [0.29, 0.717) is 19.6 Å². The fourth-order valence-electron chi connectivity index (χ4n) is 4.16. The molecule has 2 aliphatic rings. The van der Waals surface area contributed by atoms with E-state index in [1.165, 1.54) is 16.7 Å². The minimum Gasteiger partial charge on any atom is -0.375 e. The number of carbonyl (C=O) groups excluding carboxylic acids is 1. The van der Waals surface area contributed by atoms with E-state index in [0.717, 1.165) is 32.6 Å². The molecule has 0 bridgehead atoms. The van der Waals surface area contributed by atoms with Gasteiger partial charge in [-0.1, -0.05) is 54.6 Å². The van der Waals surface area contributed by atoms with Crippen LogP contribution in [0.3, 0.4) is 0 Å². The van der Waals surface area contributed by atoms with Gasteiger partial charge in [0.15, 0.2) is 0 Å². The van der Waals surface area contributed by atoms with Gasteiger partial charge in [-0.3, -0.25) is 9.69 Å². The maximum absolute atomic E-state index is 12.5. The summed E-state index contributed by atoms with van der Waals surface area (Å²) in [5.41, 5.74) is 3.99. The average Bonchev–Trinajstić information content (AvgIpc) is 2.73. The lowest BCUT2D eigenvalue weighted by Crippen LogP contribution is -2.45. The largest absolute Gasteiger partial charge is 0.375 e. The second kappa shape index (κ2) is 12.3. The third-order valence-electron chi connectivity index (χ3n) is 5.60. The summed E-state index contributed by atoms with van der Waals surface area (Å²) in [6.45, 7) is 4.88. The molecule has 7 heteroatoms. The number of nitrogens with zero attached hydrogens (tertiary/aromatic N) is 1. The van der Waals surface area contributed by atoms with Crippen LogP contribution in [-0.2, 0) is 22.5 Å². The fraction of sp³-hybridized carbons (Fsp3) is 0.435. The van der Waals surface area contributed by atoms with Gasteiger partial charge in [0.05, 0.1) is 19.1 Å². The number of nitrogens with one attached hydrogen (secondary N) is 2. The normalized spacial score (nSPS) is 20.9. The van der Waals surface area contributed by atoms with E-state index in [9.17, 15) is 4.79 Å². The molecule has 2 aromatic rings. The van der Waals surface area contributed by atoms with E-state index in [4.69, 9.17) is 4.74 Å². The molecule has 2 aromatic carbocycles. The predicted molar refractivity (Wildman–Crippen MR) is 124 cm³/mol. The summed E-state index contributed by atoms with van der Waals surface area (Å²) in [7, 11) is 0. The molecule has 1 saturated heterocycles. The lowest BCUT2D eigenvalue weighted by molar-refractivity contribution is -0.126. The van der Waals surface area contributed by atoms with E-state index in [1.54, 1.807) is 0 Å². The van der Waals surface area contributed by atoms with Crippen LogP contribution in [0.15, 0.2) is 54.6 Å². The number of morpholine rings is 1. The Balaban J connectivity index is 0.00000160. The smallest absolute Gasteiger partial charge is 0.222 e. The molecule has 2 unspecified atom stereocenters. The summed E-state index contributed by atoms with van der Waals surface area (Å²) in [6, 6.07) is 19.1. The molecule has 4 rings (SSSR count). The van der Waals surface area contributed by atoms with E-state index >= 15 is 0 Å². The molecule has 0 saturated carbocycles. The molecule has 2 atom stereocenters. The van der Waals surface area contributed by atoms with Gasteiger partial charge in [0.25, 0.3) is 0 Å². The first kappa shape index (κ1) is 24.6. The molecule has 164 valence electrons. The Morgan fingerprint density at radius 3 is 2.70 bits per heavy atom. The molecule has 2 heterocycles. The lowest BCUT2D eigenvalue weighted by Gasteiger charge is -2.33. The van der Waals surface area contributed by atoms with Gasteiger partial charge in [-0.2, -0.15) is 0 Å². The maximum atomic E-state index is 12.5. The molecule has 0 radical (unpaired) electrons. The molecular weight excluding hydrogens is 421 g/mol. The average molecular weight is 452 g/mol. The van der Waals surface area contributed by atoms with Crippen LogP contribution in [0.4, 0.5) is 0 Å². The van der Waals surface area contributed by atoms with Crippen LogP contribution in [0.2, 0.25) is 0 Å². The predicted octanol–water partition coefficient (Wildman–Crippen LogP) is 3.12. The first-order valence-electron chi connectivity index (χ1n) is 10.2. The number of fused-ring (bicyclic) bond motifs is 1. The quantitative estimate of drug-likeness (QED) is 0.708. The van der Waals surface area contributed by atoms with Gasteiger partial charge >= 0.3 is 0 Å². The Kier molecular flexibility index (Phi) is 10.1. The number of benzene rings is 2. The van der Waals surface area contributed by atoms with Crippen molar-refractivity contribution in [3.05, 3.63) is 71.3 Å². The Morgan fingerprint density at radius 2 is 1.87 bits per heavy atom. The summed E-state index contributed by atoms with van der Waals surface area (Å²) >= 11 is 0. The standard InChI is InChI=1S/C23H29N3O2.2ClH/c27-23(25-15-22-21-9-5-4-8-19(21)10-11-24-22)14-20-17-26(12-13-28-20)16-18-6-2-1-3-7-18;;/h1-9,20,22,24H,10-17H2,(H,25,27);2*1H. The Morgan fingerprint density at radius 1 is 1.10 bits per heavy atom. The van der Waals surface area contributed by atoms with Crippen LogP contribution in [0, 0.1) is 0 Å². The number of hydrogen-bond acceptors (Lipinski definition) is 4. The molecule has 1 fully saturated rings. The Hall–Kier alpha value is -1.63. The van der Waals surface area contributed by atoms with Crippen molar-refractivity contribution < 1.29 is 9.53 Å². The van der Waals surface area contributed by atoms with Gasteiger partial charge in [-0.05, 0) is 29.7 Å². The Bertz CT molecular complexity index is 791. The highest BCUT2D eigenvalue weighted by Gasteiger charge is 2.24. The minimum atomic E-state index is -0.0379. The van der Waals surface area contributed by atoms with E-state index < -0.39 is 0 Å². The number of hydrogen-bond donors (Lipinski definition) is 2. The third-order valence-corrected chi connectivity index (χ3v) is 5.60. The van der Waals surface area contributed by atoms with Crippen LogP contribution in [0.5, 0.6) is 0 Å². The van der Waals surface area contributed by atoms with Crippen LogP contribution >= 0.6 is 24.8 Å². The zero-order valence-electron chi connectivity index (χ0n) is 17.1. The first-order chi connectivity index (χ1) is 13.8. The van der Waals surface area contributed by atoms with Gasteiger partial charge in [0, 0.05) is 32.2 Å². The molecule has 2 aliphatic heterocycles. The molecule has 2 N–H and O–H groups in total. The van der Waals surface area contributed by atoms with Crippen LogP contribution in [-0.4, -0.2) is 49.7 Å².